The van der Waals surface area contributed by atoms with Gasteiger partial charge in [0.1, 0.15) is 17.6 Å². The van der Waals surface area contributed by atoms with E-state index in [2.05, 4.69) is 0 Å². The predicted molar refractivity (Wildman–Crippen MR) is 135 cm³/mol. The first-order valence-electron chi connectivity index (χ1n) is 12.4. The van der Waals surface area contributed by atoms with Crippen molar-refractivity contribution < 1.29 is 45.7 Å². The molecular weight excluding hydrogens is 540 g/mol. The highest BCUT2D eigenvalue weighted by molar-refractivity contribution is 5.98. The third-order valence-electron chi connectivity index (χ3n) is 7.03. The Morgan fingerprint density at radius 1 is 0.925 bits per heavy atom. The van der Waals surface area contributed by atoms with Crippen LogP contribution in [0.2, 0.25) is 0 Å². The first-order valence-corrected chi connectivity index (χ1v) is 12.4. The van der Waals surface area contributed by atoms with Crippen LogP contribution in [0.25, 0.3) is 0 Å². The van der Waals surface area contributed by atoms with E-state index >= 15 is 0 Å². The van der Waals surface area contributed by atoms with Crippen molar-refractivity contribution in [1.29, 1.82) is 0 Å². The van der Waals surface area contributed by atoms with Crippen LogP contribution in [0.1, 0.15) is 36.0 Å². The van der Waals surface area contributed by atoms with E-state index in [1.165, 1.54) is 12.0 Å². The fourth-order valence-electron chi connectivity index (χ4n) is 4.74. The number of amides is 1. The number of fused-ring (bicyclic) bond motifs is 1. The van der Waals surface area contributed by atoms with Gasteiger partial charge in [0.2, 0.25) is 5.91 Å². The molecule has 0 aromatic heterocycles. The van der Waals surface area contributed by atoms with Crippen molar-refractivity contribution in [3.8, 4) is 11.5 Å². The molecular formula is C29H27F6NO4. The van der Waals surface area contributed by atoms with Crippen LogP contribution in [0.15, 0.2) is 72.8 Å². The van der Waals surface area contributed by atoms with Gasteiger partial charge in [-0.25, -0.2) is 0 Å². The van der Waals surface area contributed by atoms with E-state index in [1.807, 2.05) is 0 Å². The van der Waals surface area contributed by atoms with E-state index in [0.717, 1.165) is 6.07 Å². The summed E-state index contributed by atoms with van der Waals surface area (Å²) in [5.41, 5.74) is -5.55. The number of methoxy groups -OCH3 is 1. The van der Waals surface area contributed by atoms with Gasteiger partial charge in [0.15, 0.2) is 0 Å². The summed E-state index contributed by atoms with van der Waals surface area (Å²) in [6.45, 7) is 1.67. The molecule has 0 spiro atoms. The Kier molecular flexibility index (Phi) is 8.07. The standard InChI is InChI=1S/C29H27F6NO4/c1-18(19-6-4-3-5-7-19)26(37)36-17-24(40-23-13-11-22(39-2)12-14-23)10-8-20-16-21(9-15-25(20)36)27(38,28(30,31)32)29(33,34)35/h3-7,9,11-16,18,24,38H,8,10,17H2,1-2H3/t18-,24-/m0/s1. The minimum Gasteiger partial charge on any atom is -0.497 e. The molecule has 3 aromatic carbocycles. The molecule has 3 aromatic rings. The number of carbonyl (C=O) groups is 1. The van der Waals surface area contributed by atoms with Crippen molar-refractivity contribution in [3.05, 3.63) is 89.5 Å². The number of aryl methyl sites for hydroxylation is 1. The van der Waals surface area contributed by atoms with Gasteiger partial charge in [-0.1, -0.05) is 42.5 Å². The molecule has 0 radical (unpaired) electrons. The van der Waals surface area contributed by atoms with Crippen LogP contribution < -0.4 is 14.4 Å². The molecule has 0 aliphatic carbocycles. The number of anilines is 1. The number of nitrogens with zero attached hydrogens (tertiary/aromatic N) is 1. The number of aliphatic hydroxyl groups is 1. The molecule has 1 amide bonds. The fraction of sp³-hybridized carbons (Fsp3) is 0.345. The normalized spacial score (nSPS) is 17.0. The van der Waals surface area contributed by atoms with Crippen LogP contribution in [-0.4, -0.2) is 43.1 Å². The number of alkyl halides is 6. The maximum atomic E-state index is 13.7. The molecule has 0 fully saturated rings. The van der Waals surface area contributed by atoms with Gasteiger partial charge < -0.3 is 19.5 Å². The third-order valence-corrected chi connectivity index (χ3v) is 7.03. The summed E-state index contributed by atoms with van der Waals surface area (Å²) in [5, 5.41) is 9.96. The van der Waals surface area contributed by atoms with Gasteiger partial charge in [-0.2, -0.15) is 26.3 Å². The molecule has 0 saturated heterocycles. The van der Waals surface area contributed by atoms with Gasteiger partial charge >= 0.3 is 12.4 Å². The zero-order valence-electron chi connectivity index (χ0n) is 21.6. The molecule has 214 valence electrons. The Labute approximate surface area is 226 Å². The van der Waals surface area contributed by atoms with E-state index in [9.17, 15) is 36.2 Å². The Hall–Kier alpha value is -3.73. The van der Waals surface area contributed by atoms with Gasteiger partial charge in [-0.15, -0.1) is 0 Å². The van der Waals surface area contributed by atoms with E-state index in [4.69, 9.17) is 9.47 Å². The van der Waals surface area contributed by atoms with Crippen molar-refractivity contribution in [2.24, 2.45) is 0 Å². The zero-order chi connectivity index (χ0) is 29.3. The average Bonchev–Trinajstić information content (AvgIpc) is 3.10. The topological polar surface area (TPSA) is 59.0 Å². The number of halogens is 6. The van der Waals surface area contributed by atoms with E-state index in [-0.39, 0.29) is 30.6 Å². The minimum atomic E-state index is -6.03. The molecule has 0 saturated carbocycles. The summed E-state index contributed by atoms with van der Waals surface area (Å²) in [4.78, 5) is 15.1. The van der Waals surface area contributed by atoms with Crippen molar-refractivity contribution in [3.63, 3.8) is 0 Å². The Bertz CT molecular complexity index is 1310. The van der Waals surface area contributed by atoms with E-state index < -0.39 is 41.4 Å². The fourth-order valence-corrected chi connectivity index (χ4v) is 4.74. The second-order valence-electron chi connectivity index (χ2n) is 9.58. The van der Waals surface area contributed by atoms with Crippen molar-refractivity contribution >= 4 is 11.6 Å². The Balaban J connectivity index is 1.75. The zero-order valence-corrected chi connectivity index (χ0v) is 21.6. The number of rotatable bonds is 6. The number of carbonyl (C=O) groups excluding carboxylic acids is 1. The molecule has 1 aliphatic heterocycles. The number of hydrogen-bond donors (Lipinski definition) is 1. The van der Waals surface area contributed by atoms with E-state index in [0.29, 0.717) is 29.2 Å². The lowest BCUT2D eigenvalue weighted by Crippen LogP contribution is -2.54. The van der Waals surface area contributed by atoms with Crippen LogP contribution in [0.4, 0.5) is 32.0 Å². The van der Waals surface area contributed by atoms with Crippen molar-refractivity contribution in [1.82, 2.24) is 0 Å². The van der Waals surface area contributed by atoms with Crippen molar-refractivity contribution in [2.75, 3.05) is 18.6 Å². The summed E-state index contributed by atoms with van der Waals surface area (Å²) >= 11 is 0. The van der Waals surface area contributed by atoms with Gasteiger partial charge in [-0.05, 0) is 61.2 Å². The molecule has 40 heavy (non-hydrogen) atoms. The third kappa shape index (κ3) is 5.60. The highest BCUT2D eigenvalue weighted by Crippen LogP contribution is 2.51. The van der Waals surface area contributed by atoms with Crippen LogP contribution in [0.3, 0.4) is 0 Å². The second-order valence-corrected chi connectivity index (χ2v) is 9.58. The van der Waals surface area contributed by atoms with Gasteiger partial charge in [0.05, 0.1) is 19.6 Å². The lowest BCUT2D eigenvalue weighted by atomic mass is 9.89. The molecule has 2 atom stereocenters. The largest absolute Gasteiger partial charge is 0.497 e. The van der Waals surface area contributed by atoms with E-state index in [1.54, 1.807) is 61.5 Å². The van der Waals surface area contributed by atoms with Gasteiger partial charge in [-0.3, -0.25) is 4.79 Å². The van der Waals surface area contributed by atoms with Gasteiger partial charge in [0, 0.05) is 11.3 Å². The summed E-state index contributed by atoms with van der Waals surface area (Å²) < 4.78 is 92.8. The number of ether oxygens (including phenoxy) is 2. The maximum Gasteiger partial charge on any atom is 0.430 e. The summed E-state index contributed by atoms with van der Waals surface area (Å²) in [6, 6.07) is 17.7. The molecule has 1 N–H and O–H groups in total. The van der Waals surface area contributed by atoms with Crippen LogP contribution in [-0.2, 0) is 16.8 Å². The number of benzene rings is 3. The highest BCUT2D eigenvalue weighted by Gasteiger charge is 2.71. The lowest BCUT2D eigenvalue weighted by molar-refractivity contribution is -0.376. The van der Waals surface area contributed by atoms with Crippen LogP contribution in [0, 0.1) is 0 Å². The first-order chi connectivity index (χ1) is 18.8. The monoisotopic (exact) mass is 567 g/mol. The lowest BCUT2D eigenvalue weighted by Gasteiger charge is -2.34. The molecule has 1 heterocycles. The molecule has 0 unspecified atom stereocenters. The Morgan fingerprint density at radius 2 is 1.52 bits per heavy atom. The molecule has 4 rings (SSSR count). The SMILES string of the molecule is COc1ccc(O[C@H]2CCc3cc(C(O)(C(F)(F)F)C(F)(F)F)ccc3N(C(=O)[C@@H](C)c3ccccc3)C2)cc1. The Morgan fingerprint density at radius 3 is 2.10 bits per heavy atom. The molecule has 0 bridgehead atoms. The predicted octanol–water partition coefficient (Wildman–Crippen LogP) is 6.54. The quantitative estimate of drug-likeness (QED) is 0.344. The van der Waals surface area contributed by atoms with Crippen molar-refractivity contribution in [2.45, 2.75) is 49.7 Å². The minimum absolute atomic E-state index is 0.000707. The summed E-state index contributed by atoms with van der Waals surface area (Å²) in [6.07, 6.45) is -12.5. The average molecular weight is 568 g/mol. The summed E-state index contributed by atoms with van der Waals surface area (Å²) in [7, 11) is 1.50. The number of hydrogen-bond acceptors (Lipinski definition) is 4. The second kappa shape index (κ2) is 11.0. The maximum absolute atomic E-state index is 13.7. The summed E-state index contributed by atoms with van der Waals surface area (Å²) in [5.74, 6) is -0.0454. The van der Waals surface area contributed by atoms with Gasteiger partial charge in [0.25, 0.3) is 5.60 Å². The first kappa shape index (κ1) is 29.3. The molecule has 11 heteroatoms. The molecule has 5 nitrogen and oxygen atoms in total. The highest BCUT2D eigenvalue weighted by atomic mass is 19.4. The van der Waals surface area contributed by atoms with Crippen LogP contribution in [0.5, 0.6) is 11.5 Å². The smallest absolute Gasteiger partial charge is 0.430 e. The van der Waals surface area contributed by atoms with Crippen LogP contribution >= 0.6 is 0 Å². The molecule has 1 aliphatic rings.